The molecular formula is C22H27Cl2N5O4S2. The van der Waals surface area contributed by atoms with E-state index in [1.807, 2.05) is 25.4 Å². The van der Waals surface area contributed by atoms with Crippen molar-refractivity contribution in [3.63, 3.8) is 0 Å². The Kier molecular flexibility index (Phi) is 9.54. The van der Waals surface area contributed by atoms with E-state index in [-0.39, 0.29) is 34.0 Å². The number of rotatable bonds is 12. The number of unbranched alkanes of at least 4 members (excludes halogenated alkanes) is 1. The van der Waals surface area contributed by atoms with Crippen LogP contribution in [-0.2, 0) is 14.8 Å². The van der Waals surface area contributed by atoms with E-state index < -0.39 is 22.0 Å². The van der Waals surface area contributed by atoms with Crippen LogP contribution in [0.1, 0.15) is 43.6 Å². The maximum Gasteiger partial charge on any atom is 0.272 e. The summed E-state index contributed by atoms with van der Waals surface area (Å²) >= 11 is 13.2. The van der Waals surface area contributed by atoms with Crippen LogP contribution in [-0.4, -0.2) is 48.7 Å². The van der Waals surface area contributed by atoms with Gasteiger partial charge in [-0.05, 0) is 43.4 Å². The number of benzene rings is 1. The molecule has 0 saturated heterocycles. The summed E-state index contributed by atoms with van der Waals surface area (Å²) in [5.74, 6) is -0.510. The number of nitrogens with one attached hydrogen (secondary N) is 3. The summed E-state index contributed by atoms with van der Waals surface area (Å²) in [6.07, 6.45) is 4.96. The summed E-state index contributed by atoms with van der Waals surface area (Å²) in [4.78, 5) is 30.3. The van der Waals surface area contributed by atoms with Gasteiger partial charge in [-0.25, -0.2) is 18.1 Å². The lowest BCUT2D eigenvalue weighted by atomic mass is 10.0. The van der Waals surface area contributed by atoms with Crippen molar-refractivity contribution in [2.75, 3.05) is 13.1 Å². The molecule has 0 spiro atoms. The average molecular weight is 561 g/mol. The van der Waals surface area contributed by atoms with Crippen LogP contribution in [0.25, 0.3) is 4.96 Å². The molecule has 1 atom stereocenters. The molecule has 2 amide bonds. The second-order valence-corrected chi connectivity index (χ2v) is 11.8. The number of carbonyl (C=O) groups excluding carboxylic acids is 2. The fourth-order valence-corrected chi connectivity index (χ4v) is 5.88. The zero-order chi connectivity index (χ0) is 25.6. The van der Waals surface area contributed by atoms with Gasteiger partial charge in [-0.2, -0.15) is 0 Å². The van der Waals surface area contributed by atoms with Crippen molar-refractivity contribution in [2.24, 2.45) is 5.92 Å². The van der Waals surface area contributed by atoms with Crippen LogP contribution in [0.4, 0.5) is 0 Å². The van der Waals surface area contributed by atoms with E-state index >= 15 is 0 Å². The minimum Gasteiger partial charge on any atom is -0.354 e. The number of thiazole rings is 1. The molecule has 0 bridgehead atoms. The van der Waals surface area contributed by atoms with Gasteiger partial charge in [0.15, 0.2) is 4.96 Å². The molecule has 0 radical (unpaired) electrons. The van der Waals surface area contributed by atoms with Crippen molar-refractivity contribution in [3.8, 4) is 0 Å². The zero-order valence-electron chi connectivity index (χ0n) is 19.3. The third kappa shape index (κ3) is 7.65. The van der Waals surface area contributed by atoms with Gasteiger partial charge in [0.2, 0.25) is 15.9 Å². The first kappa shape index (κ1) is 27.4. The summed E-state index contributed by atoms with van der Waals surface area (Å²) in [5.41, 5.74) is 0.256. The third-order valence-corrected chi connectivity index (χ3v) is 7.98. The fourth-order valence-electron chi connectivity index (χ4n) is 3.33. The second-order valence-electron chi connectivity index (χ2n) is 8.35. The number of hydrogen-bond donors (Lipinski definition) is 3. The summed E-state index contributed by atoms with van der Waals surface area (Å²) < 4.78 is 29.1. The van der Waals surface area contributed by atoms with Crippen LogP contribution in [0.5, 0.6) is 0 Å². The molecule has 3 N–H and O–H groups in total. The van der Waals surface area contributed by atoms with Crippen molar-refractivity contribution in [3.05, 3.63) is 51.7 Å². The van der Waals surface area contributed by atoms with Gasteiger partial charge in [0, 0.05) is 35.9 Å². The highest BCUT2D eigenvalue weighted by atomic mass is 35.5. The predicted molar refractivity (Wildman–Crippen MR) is 138 cm³/mol. The molecule has 0 unspecified atom stereocenters. The molecule has 2 aromatic heterocycles. The Balaban J connectivity index is 1.45. The summed E-state index contributed by atoms with van der Waals surface area (Å²) in [6.45, 7) is 4.46. The van der Waals surface area contributed by atoms with Crippen LogP contribution >= 0.6 is 34.5 Å². The fraction of sp³-hybridized carbons (Fsp3) is 0.409. The van der Waals surface area contributed by atoms with Crippen LogP contribution in [0.15, 0.2) is 40.9 Å². The number of fused-ring (bicyclic) bond motifs is 1. The molecule has 190 valence electrons. The van der Waals surface area contributed by atoms with Gasteiger partial charge in [0.25, 0.3) is 5.91 Å². The van der Waals surface area contributed by atoms with E-state index in [0.29, 0.717) is 35.8 Å². The van der Waals surface area contributed by atoms with Gasteiger partial charge >= 0.3 is 0 Å². The van der Waals surface area contributed by atoms with Crippen LogP contribution < -0.4 is 15.4 Å². The number of halogens is 2. The Hall–Kier alpha value is -2.18. The lowest BCUT2D eigenvalue weighted by molar-refractivity contribution is -0.123. The molecular weight excluding hydrogens is 533 g/mol. The molecule has 13 heteroatoms. The molecule has 0 fully saturated rings. The Morgan fingerprint density at radius 2 is 1.91 bits per heavy atom. The highest BCUT2D eigenvalue weighted by Gasteiger charge is 2.24. The first-order valence-corrected chi connectivity index (χ1v) is 14.1. The smallest absolute Gasteiger partial charge is 0.272 e. The number of carbonyl (C=O) groups is 2. The minimum atomic E-state index is -3.77. The number of amides is 2. The SMILES string of the molecule is CC(C)C[C@@H](NC(=O)c1cn2ccsc2n1)C(=O)NCCCCNS(=O)(=O)c1ccc(Cl)cc1Cl. The van der Waals surface area contributed by atoms with Crippen LogP contribution in [0, 0.1) is 5.92 Å². The van der Waals surface area contributed by atoms with Crippen molar-refractivity contribution >= 4 is 61.3 Å². The molecule has 0 aliphatic carbocycles. The quantitative estimate of drug-likeness (QED) is 0.292. The number of hydrogen-bond acceptors (Lipinski definition) is 6. The van der Waals surface area contributed by atoms with E-state index in [2.05, 4.69) is 20.3 Å². The Bertz CT molecular complexity index is 1260. The molecule has 35 heavy (non-hydrogen) atoms. The third-order valence-electron chi connectivity index (χ3n) is 5.03. The molecule has 0 saturated carbocycles. The highest BCUT2D eigenvalue weighted by Crippen LogP contribution is 2.24. The number of sulfonamides is 1. The van der Waals surface area contributed by atoms with Crippen molar-refractivity contribution in [1.29, 1.82) is 0 Å². The number of aromatic nitrogens is 2. The molecule has 9 nitrogen and oxygen atoms in total. The number of nitrogens with zero attached hydrogens (tertiary/aromatic N) is 2. The lowest BCUT2D eigenvalue weighted by Crippen LogP contribution is -2.47. The lowest BCUT2D eigenvalue weighted by Gasteiger charge is -2.19. The Labute approximate surface area is 218 Å². The van der Waals surface area contributed by atoms with Gasteiger partial charge < -0.3 is 10.6 Å². The highest BCUT2D eigenvalue weighted by molar-refractivity contribution is 7.89. The topological polar surface area (TPSA) is 122 Å². The molecule has 0 aliphatic heterocycles. The maximum absolute atomic E-state index is 12.7. The van der Waals surface area contributed by atoms with E-state index in [4.69, 9.17) is 23.2 Å². The van der Waals surface area contributed by atoms with E-state index in [9.17, 15) is 18.0 Å². The first-order chi connectivity index (χ1) is 16.6. The van der Waals surface area contributed by atoms with Crippen LogP contribution in [0.2, 0.25) is 10.0 Å². The normalized spacial score (nSPS) is 12.7. The molecule has 3 aromatic rings. The summed E-state index contributed by atoms with van der Waals surface area (Å²) in [5, 5.41) is 7.87. The average Bonchev–Trinajstić information content (AvgIpc) is 3.37. The molecule has 0 aliphatic rings. The van der Waals surface area contributed by atoms with Gasteiger partial charge in [-0.15, -0.1) is 11.3 Å². The summed E-state index contributed by atoms with van der Waals surface area (Å²) in [7, 11) is -3.77. The van der Waals surface area contributed by atoms with Crippen molar-refractivity contribution in [2.45, 2.75) is 44.0 Å². The minimum absolute atomic E-state index is 0.0401. The van der Waals surface area contributed by atoms with Gasteiger partial charge in [0.05, 0.1) is 5.02 Å². The molecule has 3 rings (SSSR count). The largest absolute Gasteiger partial charge is 0.354 e. The van der Waals surface area contributed by atoms with E-state index in [0.717, 1.165) is 0 Å². The van der Waals surface area contributed by atoms with Crippen LogP contribution in [0.3, 0.4) is 0 Å². The van der Waals surface area contributed by atoms with Crippen molar-refractivity contribution < 1.29 is 18.0 Å². The zero-order valence-corrected chi connectivity index (χ0v) is 22.4. The Morgan fingerprint density at radius 1 is 1.17 bits per heavy atom. The molecule has 2 heterocycles. The van der Waals surface area contributed by atoms with Gasteiger partial charge in [-0.1, -0.05) is 37.0 Å². The van der Waals surface area contributed by atoms with Crippen molar-refractivity contribution in [1.82, 2.24) is 24.7 Å². The Morgan fingerprint density at radius 3 is 2.60 bits per heavy atom. The van der Waals surface area contributed by atoms with E-state index in [1.54, 1.807) is 10.6 Å². The summed E-state index contributed by atoms with van der Waals surface area (Å²) in [6, 6.07) is 3.48. The number of imidazole rings is 1. The maximum atomic E-state index is 12.7. The first-order valence-electron chi connectivity index (χ1n) is 11.0. The van der Waals surface area contributed by atoms with Gasteiger partial charge in [0.1, 0.15) is 16.6 Å². The second kappa shape index (κ2) is 12.2. The van der Waals surface area contributed by atoms with E-state index in [1.165, 1.54) is 29.5 Å². The monoisotopic (exact) mass is 559 g/mol. The van der Waals surface area contributed by atoms with Gasteiger partial charge in [-0.3, -0.25) is 14.0 Å². The standard InChI is InChI=1S/C22H27Cl2N5O4S2/c1-14(2)11-17(27-21(31)18-13-29-9-10-34-22(29)28-18)20(30)25-7-3-4-8-26-35(32,33)19-6-5-15(23)12-16(19)24/h5-6,9-10,12-14,17,26H,3-4,7-8,11H2,1-2H3,(H,25,30)(H,27,31)/t17-/m1/s1. The predicted octanol–water partition coefficient (Wildman–Crippen LogP) is 3.72. The molecule has 1 aromatic carbocycles.